The maximum absolute atomic E-state index is 13.8. The third kappa shape index (κ3) is 7.90. The van der Waals surface area contributed by atoms with Gasteiger partial charge >= 0.3 is 12.1 Å². The third-order valence-electron chi connectivity index (χ3n) is 6.33. The number of alkyl halides is 3. The highest BCUT2D eigenvalue weighted by Gasteiger charge is 2.33. The summed E-state index contributed by atoms with van der Waals surface area (Å²) in [6.07, 6.45) is -3.67. The van der Waals surface area contributed by atoms with E-state index in [0.717, 1.165) is 17.7 Å². The molecule has 7 nitrogen and oxygen atoms in total. The van der Waals surface area contributed by atoms with Crippen LogP contribution in [-0.2, 0) is 17.5 Å². The minimum Gasteiger partial charge on any atom is -0.496 e. The average Bonchev–Trinajstić information content (AvgIpc) is 2.95. The molecule has 224 valence electrons. The number of amides is 1. The molecule has 3 N–H and O–H groups in total. The van der Waals surface area contributed by atoms with E-state index in [1.165, 1.54) is 25.4 Å². The number of hydrogen-bond acceptors (Lipinski definition) is 5. The Balaban J connectivity index is 1.66. The molecule has 13 heteroatoms. The van der Waals surface area contributed by atoms with Gasteiger partial charge in [-0.15, -0.1) is 0 Å². The number of nitrogens with one attached hydrogen (secondary N) is 2. The van der Waals surface area contributed by atoms with E-state index in [9.17, 15) is 22.8 Å². The van der Waals surface area contributed by atoms with Gasteiger partial charge in [0.05, 0.1) is 29.1 Å². The van der Waals surface area contributed by atoms with Crippen LogP contribution in [0.5, 0.6) is 5.75 Å². The number of ether oxygens (including phenoxy) is 1. The summed E-state index contributed by atoms with van der Waals surface area (Å²) in [5.74, 6) is -1.72. The highest BCUT2D eigenvalue weighted by molar-refractivity contribution is 6.39. The number of hydrogen-bond donors (Lipinski definition) is 3. The zero-order valence-electron chi connectivity index (χ0n) is 22.4. The number of carbonyl (C=O) groups excluding carboxylic acids is 1. The molecule has 0 aliphatic heterocycles. The number of carboxylic acid groups (broad SMARTS) is 1. The minimum atomic E-state index is -4.66. The molecule has 0 atom stereocenters. The summed E-state index contributed by atoms with van der Waals surface area (Å²) in [6, 6.07) is 14.9. The maximum atomic E-state index is 13.8. The first-order valence-electron chi connectivity index (χ1n) is 12.6. The number of anilines is 1. The summed E-state index contributed by atoms with van der Waals surface area (Å²) in [5, 5.41) is 15.6. The van der Waals surface area contributed by atoms with Gasteiger partial charge in [0, 0.05) is 46.7 Å². The standard InChI is InChI=1S/C30H23Cl3F3N3O4/c1-43-26-11-18(30(34,35)36)10-21(17-4-7-25(39-14-17)29(42)37-9-8-27(40)41)22(26)15-38-20-12-23(32)28(24(33)13-20)16-2-5-19(31)6-3-16/h2-7,10-14,38H,8-9,15H2,1H3,(H,37,42)(H,40,41). The van der Waals surface area contributed by atoms with Gasteiger partial charge in [0.2, 0.25) is 0 Å². The molecule has 1 heterocycles. The average molecular weight is 653 g/mol. The molecule has 4 rings (SSSR count). The molecule has 0 bridgehead atoms. The van der Waals surface area contributed by atoms with Crippen molar-refractivity contribution in [3.63, 3.8) is 0 Å². The van der Waals surface area contributed by atoms with Crippen LogP contribution in [-0.4, -0.2) is 35.6 Å². The molecule has 0 aliphatic carbocycles. The smallest absolute Gasteiger partial charge is 0.416 e. The van der Waals surface area contributed by atoms with Crippen molar-refractivity contribution >= 4 is 52.4 Å². The van der Waals surface area contributed by atoms with E-state index in [4.69, 9.17) is 44.6 Å². The molecule has 0 fully saturated rings. The van der Waals surface area contributed by atoms with Crippen LogP contribution in [0.1, 0.15) is 28.0 Å². The number of methoxy groups -OCH3 is 1. The van der Waals surface area contributed by atoms with Gasteiger partial charge in [0.15, 0.2) is 0 Å². The second-order valence-corrected chi connectivity index (χ2v) is 10.5. The molecule has 0 unspecified atom stereocenters. The number of benzene rings is 3. The van der Waals surface area contributed by atoms with Crippen molar-refractivity contribution in [1.29, 1.82) is 0 Å². The Kier molecular flexibility index (Phi) is 10.1. The molecule has 0 aliphatic rings. The lowest BCUT2D eigenvalue weighted by Crippen LogP contribution is -2.26. The fourth-order valence-corrected chi connectivity index (χ4v) is 5.08. The van der Waals surface area contributed by atoms with Gasteiger partial charge in [0.25, 0.3) is 5.91 Å². The Morgan fingerprint density at radius 1 is 0.953 bits per heavy atom. The quantitative estimate of drug-likeness (QED) is 0.160. The van der Waals surface area contributed by atoms with Crippen LogP contribution in [0.4, 0.5) is 18.9 Å². The Labute approximate surface area is 259 Å². The minimum absolute atomic E-state index is 0.0149. The molecule has 43 heavy (non-hydrogen) atoms. The number of pyridine rings is 1. The largest absolute Gasteiger partial charge is 0.496 e. The van der Waals surface area contributed by atoms with E-state index in [1.54, 1.807) is 36.4 Å². The van der Waals surface area contributed by atoms with Gasteiger partial charge in [0.1, 0.15) is 11.4 Å². The molecule has 1 aromatic heterocycles. The number of rotatable bonds is 10. The number of aliphatic carboxylic acids is 1. The first-order chi connectivity index (χ1) is 20.4. The Hall–Kier alpha value is -3.99. The van der Waals surface area contributed by atoms with Crippen molar-refractivity contribution in [2.75, 3.05) is 19.0 Å². The van der Waals surface area contributed by atoms with E-state index in [1.807, 2.05) is 0 Å². The van der Waals surface area contributed by atoms with E-state index in [2.05, 4.69) is 15.6 Å². The second-order valence-electron chi connectivity index (χ2n) is 9.21. The first kappa shape index (κ1) is 31.9. The highest BCUT2D eigenvalue weighted by Crippen LogP contribution is 2.41. The molecule has 0 radical (unpaired) electrons. The summed E-state index contributed by atoms with van der Waals surface area (Å²) < 4.78 is 46.8. The van der Waals surface area contributed by atoms with Gasteiger partial charge < -0.3 is 20.5 Å². The predicted molar refractivity (Wildman–Crippen MR) is 160 cm³/mol. The zero-order valence-corrected chi connectivity index (χ0v) is 24.6. The van der Waals surface area contributed by atoms with Crippen molar-refractivity contribution in [3.8, 4) is 28.0 Å². The van der Waals surface area contributed by atoms with E-state index in [-0.39, 0.29) is 42.1 Å². The van der Waals surface area contributed by atoms with Crippen molar-refractivity contribution in [1.82, 2.24) is 10.3 Å². The van der Waals surface area contributed by atoms with Crippen molar-refractivity contribution < 1.29 is 32.6 Å². The molecular formula is C30H23Cl3F3N3O4. The number of nitrogens with zero attached hydrogens (tertiary/aromatic N) is 1. The predicted octanol–water partition coefficient (Wildman–Crippen LogP) is 8.22. The topological polar surface area (TPSA) is 101 Å². The number of aromatic nitrogens is 1. The summed E-state index contributed by atoms with van der Waals surface area (Å²) in [6.45, 7) is -0.0893. The van der Waals surface area contributed by atoms with Crippen LogP contribution in [0.3, 0.4) is 0 Å². The first-order valence-corrected chi connectivity index (χ1v) is 13.7. The Morgan fingerprint density at radius 2 is 1.60 bits per heavy atom. The number of carbonyl (C=O) groups is 2. The van der Waals surface area contributed by atoms with Crippen molar-refractivity contribution in [2.24, 2.45) is 0 Å². The fraction of sp³-hybridized carbons (Fsp3) is 0.167. The molecular weight excluding hydrogens is 630 g/mol. The van der Waals surface area contributed by atoms with Crippen LogP contribution < -0.4 is 15.4 Å². The van der Waals surface area contributed by atoms with E-state index in [0.29, 0.717) is 31.9 Å². The Bertz CT molecular complexity index is 1620. The Morgan fingerprint density at radius 3 is 2.16 bits per heavy atom. The number of carboxylic acids is 1. The summed E-state index contributed by atoms with van der Waals surface area (Å²) in [4.78, 5) is 27.1. The second kappa shape index (κ2) is 13.5. The lowest BCUT2D eigenvalue weighted by molar-refractivity contribution is -0.138. The van der Waals surface area contributed by atoms with Crippen molar-refractivity contribution in [2.45, 2.75) is 19.1 Å². The van der Waals surface area contributed by atoms with Gasteiger partial charge in [-0.2, -0.15) is 13.2 Å². The van der Waals surface area contributed by atoms with Crippen LogP contribution >= 0.6 is 34.8 Å². The normalized spacial score (nSPS) is 11.2. The summed E-state index contributed by atoms with van der Waals surface area (Å²) in [5.41, 5.74) is 1.73. The van der Waals surface area contributed by atoms with Crippen LogP contribution in [0.25, 0.3) is 22.3 Å². The molecule has 0 saturated heterocycles. The summed E-state index contributed by atoms with van der Waals surface area (Å²) in [7, 11) is 1.26. The van der Waals surface area contributed by atoms with Gasteiger partial charge in [-0.1, -0.05) is 53.0 Å². The maximum Gasteiger partial charge on any atom is 0.416 e. The van der Waals surface area contributed by atoms with Gasteiger partial charge in [-0.3, -0.25) is 14.6 Å². The van der Waals surface area contributed by atoms with Gasteiger partial charge in [-0.05, 0) is 53.6 Å². The highest BCUT2D eigenvalue weighted by atomic mass is 35.5. The van der Waals surface area contributed by atoms with Crippen molar-refractivity contribution in [3.05, 3.63) is 98.7 Å². The van der Waals surface area contributed by atoms with Gasteiger partial charge in [-0.25, -0.2) is 0 Å². The monoisotopic (exact) mass is 651 g/mol. The molecule has 3 aromatic carbocycles. The van der Waals surface area contributed by atoms with Crippen LogP contribution in [0.2, 0.25) is 15.1 Å². The zero-order chi connectivity index (χ0) is 31.3. The lowest BCUT2D eigenvalue weighted by atomic mass is 9.96. The number of halogens is 6. The fourth-order valence-electron chi connectivity index (χ4n) is 4.25. The lowest BCUT2D eigenvalue weighted by Gasteiger charge is -2.19. The van der Waals surface area contributed by atoms with E-state index >= 15 is 0 Å². The molecule has 1 amide bonds. The van der Waals surface area contributed by atoms with E-state index < -0.39 is 23.6 Å². The molecule has 4 aromatic rings. The SMILES string of the molecule is COc1cc(C(F)(F)F)cc(-c2ccc(C(=O)NCCC(=O)O)nc2)c1CNc1cc(Cl)c(-c2ccc(Cl)cc2)c(Cl)c1. The molecule has 0 spiro atoms. The summed E-state index contributed by atoms with van der Waals surface area (Å²) >= 11 is 19.1. The third-order valence-corrected chi connectivity index (χ3v) is 7.18. The van der Waals surface area contributed by atoms with Crippen LogP contribution in [0.15, 0.2) is 66.9 Å². The van der Waals surface area contributed by atoms with Crippen LogP contribution in [0, 0.1) is 0 Å². The molecule has 0 saturated carbocycles.